The number of rotatable bonds is 7. The number of halogens is 3. The quantitative estimate of drug-likeness (QED) is 0.746. The Labute approximate surface area is 138 Å². The van der Waals surface area contributed by atoms with Gasteiger partial charge in [-0.15, -0.1) is 0 Å². The Morgan fingerprint density at radius 3 is 2.54 bits per heavy atom. The van der Waals surface area contributed by atoms with E-state index in [1.54, 1.807) is 26.0 Å². The largest absolute Gasteiger partial charge is 0.480 e. The second-order valence-corrected chi connectivity index (χ2v) is 5.51. The number of alkyl halides is 3. The molecule has 1 aromatic carbocycles. The molecule has 0 saturated heterocycles. The first-order valence-corrected chi connectivity index (χ1v) is 7.45. The molecule has 1 amide bonds. The van der Waals surface area contributed by atoms with Crippen molar-refractivity contribution in [1.29, 1.82) is 0 Å². The summed E-state index contributed by atoms with van der Waals surface area (Å²) < 4.78 is 38.1. The van der Waals surface area contributed by atoms with Crippen LogP contribution in [0.25, 0.3) is 0 Å². The number of carboxylic acids is 1. The molecular weight excluding hydrogens is 323 g/mol. The Morgan fingerprint density at radius 2 is 2.00 bits per heavy atom. The van der Waals surface area contributed by atoms with E-state index in [1.165, 1.54) is 12.1 Å². The van der Waals surface area contributed by atoms with Crippen molar-refractivity contribution in [2.24, 2.45) is 5.92 Å². The molecule has 4 nitrogen and oxygen atoms in total. The molecule has 0 fully saturated rings. The van der Waals surface area contributed by atoms with E-state index < -0.39 is 35.6 Å². The normalized spacial score (nSPS) is 14.4. The van der Waals surface area contributed by atoms with Crippen molar-refractivity contribution in [2.75, 3.05) is 0 Å². The first-order chi connectivity index (χ1) is 11.1. The number of allylic oxidation sites excluding steroid dienone is 1. The van der Waals surface area contributed by atoms with Crippen LogP contribution in [0, 0.1) is 5.92 Å². The predicted molar refractivity (Wildman–Crippen MR) is 83.3 cm³/mol. The van der Waals surface area contributed by atoms with Gasteiger partial charge in [-0.1, -0.05) is 37.3 Å². The van der Waals surface area contributed by atoms with Gasteiger partial charge in [0.05, 0.1) is 5.56 Å². The Balaban J connectivity index is 2.74. The van der Waals surface area contributed by atoms with Crippen LogP contribution in [0.3, 0.4) is 0 Å². The van der Waals surface area contributed by atoms with Gasteiger partial charge in [-0.05, 0) is 31.4 Å². The highest BCUT2D eigenvalue weighted by Crippen LogP contribution is 2.30. The molecule has 2 N–H and O–H groups in total. The monoisotopic (exact) mass is 343 g/mol. The van der Waals surface area contributed by atoms with E-state index in [-0.39, 0.29) is 12.8 Å². The smallest absolute Gasteiger partial charge is 0.416 e. The Hall–Kier alpha value is -2.31. The van der Waals surface area contributed by atoms with Crippen LogP contribution in [0.4, 0.5) is 13.2 Å². The van der Waals surface area contributed by atoms with Gasteiger partial charge in [0.25, 0.3) is 0 Å². The minimum absolute atomic E-state index is 0.0890. The summed E-state index contributed by atoms with van der Waals surface area (Å²) in [6.07, 6.45) is -0.910. The molecule has 132 valence electrons. The lowest BCUT2D eigenvalue weighted by Crippen LogP contribution is -2.43. The molecule has 1 rings (SSSR count). The molecular formula is C17H20F3NO3. The summed E-state index contributed by atoms with van der Waals surface area (Å²) in [7, 11) is 0. The van der Waals surface area contributed by atoms with Crippen molar-refractivity contribution in [2.45, 2.75) is 38.9 Å². The van der Waals surface area contributed by atoms with Crippen molar-refractivity contribution in [1.82, 2.24) is 5.32 Å². The van der Waals surface area contributed by atoms with E-state index in [4.69, 9.17) is 5.11 Å². The molecule has 0 aliphatic rings. The SMILES string of the molecule is C/C=C/CC(NC(=O)C(C)Cc1cccc(C(F)(F)F)c1)C(=O)O. The van der Waals surface area contributed by atoms with Crippen LogP contribution in [0.1, 0.15) is 31.4 Å². The number of carboxylic acid groups (broad SMARTS) is 1. The average Bonchev–Trinajstić information content (AvgIpc) is 2.50. The van der Waals surface area contributed by atoms with Crippen LogP contribution in [0.2, 0.25) is 0 Å². The minimum Gasteiger partial charge on any atom is -0.480 e. The Kier molecular flexibility index (Phi) is 7.00. The molecule has 1 aromatic rings. The molecule has 0 bridgehead atoms. The van der Waals surface area contributed by atoms with Crippen molar-refractivity contribution < 1.29 is 27.9 Å². The molecule has 2 unspecified atom stereocenters. The van der Waals surface area contributed by atoms with Crippen LogP contribution in [-0.2, 0) is 22.2 Å². The van der Waals surface area contributed by atoms with Crippen LogP contribution in [0.5, 0.6) is 0 Å². The van der Waals surface area contributed by atoms with E-state index in [0.717, 1.165) is 12.1 Å². The summed E-state index contributed by atoms with van der Waals surface area (Å²) in [4.78, 5) is 23.2. The molecule has 7 heteroatoms. The first kappa shape index (κ1) is 19.7. The molecule has 2 atom stereocenters. The van der Waals surface area contributed by atoms with Crippen molar-refractivity contribution in [3.63, 3.8) is 0 Å². The van der Waals surface area contributed by atoms with Gasteiger partial charge < -0.3 is 10.4 Å². The lowest BCUT2D eigenvalue weighted by atomic mass is 9.98. The van der Waals surface area contributed by atoms with Gasteiger partial charge in [0, 0.05) is 5.92 Å². The van der Waals surface area contributed by atoms with E-state index >= 15 is 0 Å². The average molecular weight is 343 g/mol. The molecule has 0 radical (unpaired) electrons. The fourth-order valence-corrected chi connectivity index (χ4v) is 2.13. The number of aliphatic carboxylic acids is 1. The Bertz CT molecular complexity index is 611. The van der Waals surface area contributed by atoms with Crippen LogP contribution in [-0.4, -0.2) is 23.0 Å². The fourth-order valence-electron chi connectivity index (χ4n) is 2.13. The number of nitrogens with one attached hydrogen (secondary N) is 1. The lowest BCUT2D eigenvalue weighted by molar-refractivity contribution is -0.142. The van der Waals surface area contributed by atoms with E-state index in [0.29, 0.717) is 5.56 Å². The van der Waals surface area contributed by atoms with Gasteiger partial charge in [-0.25, -0.2) is 4.79 Å². The van der Waals surface area contributed by atoms with Crippen LogP contribution < -0.4 is 5.32 Å². The van der Waals surface area contributed by atoms with Crippen LogP contribution >= 0.6 is 0 Å². The minimum atomic E-state index is -4.44. The molecule has 0 aliphatic heterocycles. The number of benzene rings is 1. The number of carbonyl (C=O) groups excluding carboxylic acids is 1. The summed E-state index contributed by atoms with van der Waals surface area (Å²) in [5, 5.41) is 11.5. The van der Waals surface area contributed by atoms with Gasteiger partial charge in [-0.2, -0.15) is 13.2 Å². The zero-order valence-electron chi connectivity index (χ0n) is 13.4. The van der Waals surface area contributed by atoms with E-state index in [1.807, 2.05) is 0 Å². The molecule has 0 spiro atoms. The standard InChI is InChI=1S/C17H20F3NO3/c1-3-4-8-14(16(23)24)21-15(22)11(2)9-12-6-5-7-13(10-12)17(18,19)20/h3-7,10-11,14H,8-9H2,1-2H3,(H,21,22)(H,23,24)/b4-3+. The summed E-state index contributed by atoms with van der Waals surface area (Å²) >= 11 is 0. The van der Waals surface area contributed by atoms with Crippen LogP contribution in [0.15, 0.2) is 36.4 Å². The fraction of sp³-hybridized carbons (Fsp3) is 0.412. The predicted octanol–water partition coefficient (Wildman–Crippen LogP) is 3.42. The summed E-state index contributed by atoms with van der Waals surface area (Å²) in [5.41, 5.74) is -0.406. The van der Waals surface area contributed by atoms with Gasteiger partial charge >= 0.3 is 12.1 Å². The van der Waals surface area contributed by atoms with Gasteiger partial charge in [0.2, 0.25) is 5.91 Å². The summed E-state index contributed by atoms with van der Waals surface area (Å²) in [6.45, 7) is 3.28. The second-order valence-electron chi connectivity index (χ2n) is 5.51. The molecule has 0 heterocycles. The maximum Gasteiger partial charge on any atom is 0.416 e. The zero-order valence-corrected chi connectivity index (χ0v) is 13.4. The number of hydrogen-bond acceptors (Lipinski definition) is 2. The van der Waals surface area contributed by atoms with Crippen molar-refractivity contribution in [3.05, 3.63) is 47.5 Å². The highest BCUT2D eigenvalue weighted by Gasteiger charge is 2.30. The van der Waals surface area contributed by atoms with Gasteiger partial charge in [-0.3, -0.25) is 4.79 Å². The molecule has 24 heavy (non-hydrogen) atoms. The number of amides is 1. The van der Waals surface area contributed by atoms with Crippen molar-refractivity contribution >= 4 is 11.9 Å². The maximum absolute atomic E-state index is 12.7. The maximum atomic E-state index is 12.7. The zero-order chi connectivity index (χ0) is 18.3. The first-order valence-electron chi connectivity index (χ1n) is 7.45. The second kappa shape index (κ2) is 8.52. The van der Waals surface area contributed by atoms with E-state index in [9.17, 15) is 22.8 Å². The van der Waals surface area contributed by atoms with Gasteiger partial charge in [0.1, 0.15) is 6.04 Å². The third-order valence-corrected chi connectivity index (χ3v) is 3.47. The number of hydrogen-bond donors (Lipinski definition) is 2. The number of carbonyl (C=O) groups is 2. The third-order valence-electron chi connectivity index (χ3n) is 3.47. The highest BCUT2D eigenvalue weighted by molar-refractivity contribution is 5.85. The molecule has 0 saturated carbocycles. The van der Waals surface area contributed by atoms with E-state index in [2.05, 4.69) is 5.32 Å². The van der Waals surface area contributed by atoms with Crippen molar-refractivity contribution in [3.8, 4) is 0 Å². The molecule has 0 aliphatic carbocycles. The third kappa shape index (κ3) is 6.06. The molecule has 0 aromatic heterocycles. The Morgan fingerprint density at radius 1 is 1.33 bits per heavy atom. The summed E-state index contributed by atoms with van der Waals surface area (Å²) in [5.74, 6) is -2.32. The lowest BCUT2D eigenvalue weighted by Gasteiger charge is -2.17. The van der Waals surface area contributed by atoms with Gasteiger partial charge in [0.15, 0.2) is 0 Å². The topological polar surface area (TPSA) is 66.4 Å². The highest BCUT2D eigenvalue weighted by atomic mass is 19.4. The summed E-state index contributed by atoms with van der Waals surface area (Å²) in [6, 6.07) is 3.70.